The number of furan rings is 1. The van der Waals surface area contributed by atoms with E-state index < -0.39 is 0 Å². The quantitative estimate of drug-likeness (QED) is 0.150. The van der Waals surface area contributed by atoms with Gasteiger partial charge >= 0.3 is 0 Å². The Kier molecular flexibility index (Phi) is 8.12. The summed E-state index contributed by atoms with van der Waals surface area (Å²) in [7, 11) is 0. The van der Waals surface area contributed by atoms with Gasteiger partial charge in [-0.1, -0.05) is 29.8 Å². The number of benzene rings is 3. The molecule has 8 heteroatoms. The van der Waals surface area contributed by atoms with E-state index in [4.69, 9.17) is 30.5 Å². The van der Waals surface area contributed by atoms with Crippen LogP contribution in [0.25, 0.3) is 22.2 Å². The summed E-state index contributed by atoms with van der Waals surface area (Å²) in [6, 6.07) is 26.0. The van der Waals surface area contributed by atoms with E-state index in [1.807, 2.05) is 75.4 Å². The van der Waals surface area contributed by atoms with Gasteiger partial charge in [-0.25, -0.2) is 10.4 Å². The molecule has 0 aliphatic rings. The normalized spacial score (nSPS) is 11.3. The van der Waals surface area contributed by atoms with Gasteiger partial charge in [0.15, 0.2) is 0 Å². The molecule has 1 amide bonds. The van der Waals surface area contributed by atoms with Gasteiger partial charge in [-0.05, 0) is 93.1 Å². The van der Waals surface area contributed by atoms with Gasteiger partial charge in [0.25, 0.3) is 5.91 Å². The lowest BCUT2D eigenvalue weighted by Gasteiger charge is -2.11. The van der Waals surface area contributed by atoms with E-state index in [1.165, 1.54) is 6.21 Å². The molecule has 0 atom stereocenters. The van der Waals surface area contributed by atoms with E-state index >= 15 is 0 Å². The van der Waals surface area contributed by atoms with Crippen molar-refractivity contribution in [3.8, 4) is 22.8 Å². The minimum Gasteiger partial charge on any atom is -0.491 e. The van der Waals surface area contributed by atoms with Crippen LogP contribution in [0.2, 0.25) is 5.02 Å². The van der Waals surface area contributed by atoms with Gasteiger partial charge in [0.1, 0.15) is 29.6 Å². The number of carbonyl (C=O) groups is 1. The zero-order valence-corrected chi connectivity index (χ0v) is 23.1. The number of pyridine rings is 1. The maximum absolute atomic E-state index is 13.2. The smallest absolute Gasteiger partial charge is 0.272 e. The summed E-state index contributed by atoms with van der Waals surface area (Å²) < 4.78 is 17.3. The first-order chi connectivity index (χ1) is 19.4. The van der Waals surface area contributed by atoms with Gasteiger partial charge in [-0.15, -0.1) is 0 Å². The molecule has 0 saturated heterocycles. The number of hydrogen-bond donors (Lipinski definition) is 1. The van der Waals surface area contributed by atoms with E-state index in [1.54, 1.807) is 30.3 Å². The van der Waals surface area contributed by atoms with Crippen molar-refractivity contribution in [1.29, 1.82) is 0 Å². The molecule has 0 bridgehead atoms. The number of fused-ring (bicyclic) bond motifs is 1. The van der Waals surface area contributed by atoms with E-state index in [9.17, 15) is 4.79 Å². The van der Waals surface area contributed by atoms with Crippen LogP contribution in [0.15, 0.2) is 94.4 Å². The Bertz CT molecular complexity index is 1680. The van der Waals surface area contributed by atoms with E-state index in [2.05, 4.69) is 10.5 Å². The van der Waals surface area contributed by atoms with Crippen molar-refractivity contribution >= 4 is 34.6 Å². The summed E-state index contributed by atoms with van der Waals surface area (Å²) >= 11 is 6.07. The monoisotopic (exact) mass is 553 g/mol. The van der Waals surface area contributed by atoms with Crippen molar-refractivity contribution < 1.29 is 18.7 Å². The fraction of sp³-hybridized carbons (Fsp3) is 0.156. The molecular weight excluding hydrogens is 526 g/mol. The minimum atomic E-state index is -0.357. The number of aryl methyl sites for hydroxylation is 1. The first-order valence-electron chi connectivity index (χ1n) is 12.8. The van der Waals surface area contributed by atoms with Crippen molar-refractivity contribution in [2.24, 2.45) is 5.10 Å². The molecule has 2 aromatic heterocycles. The summed E-state index contributed by atoms with van der Waals surface area (Å²) in [6.45, 7) is 6.13. The molecule has 2 heterocycles. The number of amides is 1. The van der Waals surface area contributed by atoms with E-state index in [0.29, 0.717) is 39.1 Å². The second kappa shape index (κ2) is 12.1. The largest absolute Gasteiger partial charge is 0.491 e. The highest BCUT2D eigenvalue weighted by Gasteiger charge is 2.14. The molecule has 5 aromatic rings. The van der Waals surface area contributed by atoms with Gasteiger partial charge in [-0.2, -0.15) is 5.10 Å². The molecule has 0 saturated carbocycles. The first kappa shape index (κ1) is 27.0. The number of halogens is 1. The topological polar surface area (TPSA) is 86.0 Å². The Labute approximate surface area is 237 Å². The predicted octanol–water partition coefficient (Wildman–Crippen LogP) is 7.59. The molecule has 7 nitrogen and oxygen atoms in total. The summed E-state index contributed by atoms with van der Waals surface area (Å²) in [5, 5.41) is 5.53. The molecule has 0 aliphatic heterocycles. The molecule has 202 valence electrons. The standard InChI is InChI=1S/C32H28ClN3O4/c1-20(2)39-23-10-8-22(9-11-23)31-17-28(27-6-4-5-7-30(27)35-31)32(37)36-34-18-25-12-13-26(40-25)19-38-24-14-15-29(33)21(3)16-24/h4-18,20H,19H2,1-3H3,(H,36,37)/b34-18-. The Morgan fingerprint density at radius 1 is 1.02 bits per heavy atom. The van der Waals surface area contributed by atoms with Crippen LogP contribution in [0.1, 0.15) is 41.3 Å². The zero-order chi connectivity index (χ0) is 28.1. The number of ether oxygens (including phenoxy) is 2. The molecular formula is C32H28ClN3O4. The number of carbonyl (C=O) groups excluding carboxylic acids is 1. The lowest BCUT2D eigenvalue weighted by Crippen LogP contribution is -2.18. The zero-order valence-electron chi connectivity index (χ0n) is 22.4. The number of aromatic nitrogens is 1. The van der Waals surface area contributed by atoms with E-state index in [-0.39, 0.29) is 18.6 Å². The van der Waals surface area contributed by atoms with Gasteiger partial charge in [0.2, 0.25) is 0 Å². The highest BCUT2D eigenvalue weighted by atomic mass is 35.5. The number of nitrogens with zero attached hydrogens (tertiary/aromatic N) is 2. The number of nitrogens with one attached hydrogen (secondary N) is 1. The van der Waals surface area contributed by atoms with Crippen LogP contribution in [-0.4, -0.2) is 23.2 Å². The summed E-state index contributed by atoms with van der Waals surface area (Å²) in [4.78, 5) is 18.0. The van der Waals surface area contributed by atoms with Crippen LogP contribution >= 0.6 is 11.6 Å². The average molecular weight is 554 g/mol. The molecule has 0 aliphatic carbocycles. The first-order valence-corrected chi connectivity index (χ1v) is 13.2. The van der Waals surface area contributed by atoms with Crippen LogP contribution in [0.3, 0.4) is 0 Å². The van der Waals surface area contributed by atoms with Gasteiger partial charge in [0, 0.05) is 16.0 Å². The lowest BCUT2D eigenvalue weighted by atomic mass is 10.0. The van der Waals surface area contributed by atoms with Crippen LogP contribution in [0.5, 0.6) is 11.5 Å². The van der Waals surface area contributed by atoms with Crippen molar-refractivity contribution in [2.75, 3.05) is 0 Å². The predicted molar refractivity (Wildman–Crippen MR) is 157 cm³/mol. The van der Waals surface area contributed by atoms with E-state index in [0.717, 1.165) is 22.3 Å². The number of hydrazone groups is 1. The van der Waals surface area contributed by atoms with Crippen LogP contribution in [-0.2, 0) is 6.61 Å². The highest BCUT2D eigenvalue weighted by molar-refractivity contribution is 6.31. The fourth-order valence-electron chi connectivity index (χ4n) is 4.11. The highest BCUT2D eigenvalue weighted by Crippen LogP contribution is 2.27. The molecule has 0 radical (unpaired) electrons. The molecule has 3 aromatic carbocycles. The minimum absolute atomic E-state index is 0.0836. The molecule has 0 unspecified atom stereocenters. The van der Waals surface area contributed by atoms with Crippen LogP contribution < -0.4 is 14.9 Å². The molecule has 0 fully saturated rings. The van der Waals surface area contributed by atoms with Crippen LogP contribution in [0, 0.1) is 6.92 Å². The lowest BCUT2D eigenvalue weighted by molar-refractivity contribution is 0.0956. The summed E-state index contributed by atoms with van der Waals surface area (Å²) in [6.07, 6.45) is 1.53. The SMILES string of the molecule is Cc1cc(OCc2ccc(/C=N\NC(=O)c3cc(-c4ccc(OC(C)C)cc4)nc4ccccc34)o2)ccc1Cl. The Morgan fingerprint density at radius 2 is 1.80 bits per heavy atom. The van der Waals surface area contributed by atoms with Gasteiger partial charge in [-0.3, -0.25) is 4.79 Å². The third-order valence-electron chi connectivity index (χ3n) is 6.03. The van der Waals surface area contributed by atoms with Crippen molar-refractivity contribution in [2.45, 2.75) is 33.5 Å². The van der Waals surface area contributed by atoms with Crippen molar-refractivity contribution in [1.82, 2.24) is 10.4 Å². The second-order valence-electron chi connectivity index (χ2n) is 9.47. The number of rotatable bonds is 9. The van der Waals surface area contributed by atoms with Crippen LogP contribution in [0.4, 0.5) is 0 Å². The third kappa shape index (κ3) is 6.50. The summed E-state index contributed by atoms with van der Waals surface area (Å²) in [5.41, 5.74) is 6.27. The van der Waals surface area contributed by atoms with Crippen molar-refractivity contribution in [3.05, 3.63) is 113 Å². The van der Waals surface area contributed by atoms with Crippen molar-refractivity contribution in [3.63, 3.8) is 0 Å². The molecule has 5 rings (SSSR count). The molecule has 1 N–H and O–H groups in total. The number of para-hydroxylation sites is 1. The average Bonchev–Trinajstić information content (AvgIpc) is 3.40. The summed E-state index contributed by atoms with van der Waals surface area (Å²) in [5.74, 6) is 2.22. The Hall–Kier alpha value is -4.62. The Morgan fingerprint density at radius 3 is 2.58 bits per heavy atom. The third-order valence-corrected chi connectivity index (χ3v) is 6.46. The fourth-order valence-corrected chi connectivity index (χ4v) is 4.22. The molecule has 0 spiro atoms. The van der Waals surface area contributed by atoms with Gasteiger partial charge < -0.3 is 13.9 Å². The maximum atomic E-state index is 13.2. The number of hydrogen-bond acceptors (Lipinski definition) is 6. The Balaban J connectivity index is 1.28. The maximum Gasteiger partial charge on any atom is 0.272 e. The van der Waals surface area contributed by atoms with Gasteiger partial charge in [0.05, 0.1) is 29.1 Å². The second-order valence-corrected chi connectivity index (χ2v) is 9.87. The molecule has 40 heavy (non-hydrogen) atoms.